The number of nitrogens with one attached hydrogen (secondary N) is 1. The summed E-state index contributed by atoms with van der Waals surface area (Å²) in [4.78, 5) is 28.1. The molecule has 2 amide bonds. The van der Waals surface area contributed by atoms with Crippen LogP contribution in [0, 0.1) is 19.7 Å². The molecule has 0 aromatic heterocycles. The molecule has 1 aliphatic heterocycles. The molecule has 0 atom stereocenters. The smallest absolute Gasteiger partial charge is 0.278 e. The fraction of sp³-hybridized carbons (Fsp3) is 0.185. The van der Waals surface area contributed by atoms with Gasteiger partial charge >= 0.3 is 0 Å². The maximum atomic E-state index is 13.5. The minimum atomic E-state index is -0.396. The molecule has 4 rings (SSSR count). The van der Waals surface area contributed by atoms with Crippen LogP contribution in [0.25, 0.3) is 5.57 Å². The zero-order valence-electron chi connectivity index (χ0n) is 18.8. The van der Waals surface area contributed by atoms with Crippen LogP contribution in [0.3, 0.4) is 0 Å². The van der Waals surface area contributed by atoms with Crippen molar-refractivity contribution in [2.75, 3.05) is 19.0 Å². The van der Waals surface area contributed by atoms with Crippen LogP contribution in [0.2, 0.25) is 0 Å². The number of benzene rings is 3. The van der Waals surface area contributed by atoms with Crippen LogP contribution in [-0.2, 0) is 16.0 Å². The van der Waals surface area contributed by atoms with Gasteiger partial charge in [0, 0.05) is 12.2 Å². The van der Waals surface area contributed by atoms with Crippen LogP contribution in [0.15, 0.2) is 72.4 Å². The summed E-state index contributed by atoms with van der Waals surface area (Å²) in [5.74, 6) is -0.367. The Kier molecular flexibility index (Phi) is 6.27. The lowest BCUT2D eigenvalue weighted by molar-refractivity contribution is -0.136. The number of imide groups is 1. The van der Waals surface area contributed by atoms with Crippen molar-refractivity contribution in [3.8, 4) is 5.75 Å². The Morgan fingerprint density at radius 1 is 0.909 bits per heavy atom. The molecule has 168 valence electrons. The summed E-state index contributed by atoms with van der Waals surface area (Å²) < 4.78 is 18.6. The highest BCUT2D eigenvalue weighted by Gasteiger charge is 2.39. The molecular formula is C27H25FN2O3. The van der Waals surface area contributed by atoms with Crippen molar-refractivity contribution in [1.82, 2.24) is 4.90 Å². The Balaban J connectivity index is 1.66. The first kappa shape index (κ1) is 22.3. The fourth-order valence-corrected chi connectivity index (χ4v) is 3.95. The molecular weight excluding hydrogens is 419 g/mol. The van der Waals surface area contributed by atoms with Crippen molar-refractivity contribution in [2.45, 2.75) is 20.3 Å². The number of anilines is 1. The Labute approximate surface area is 192 Å². The molecule has 3 aromatic rings. The number of amides is 2. The van der Waals surface area contributed by atoms with Crippen molar-refractivity contribution in [2.24, 2.45) is 0 Å². The molecule has 0 saturated carbocycles. The number of carbonyl (C=O) groups excluding carboxylic acids is 2. The predicted molar refractivity (Wildman–Crippen MR) is 126 cm³/mol. The summed E-state index contributed by atoms with van der Waals surface area (Å²) in [5, 5.41) is 3.07. The molecule has 6 heteroatoms. The number of hydrogen-bond donors (Lipinski definition) is 1. The highest BCUT2D eigenvalue weighted by Crippen LogP contribution is 2.32. The molecule has 0 bridgehead atoms. The third kappa shape index (κ3) is 4.65. The van der Waals surface area contributed by atoms with Gasteiger partial charge in [-0.25, -0.2) is 4.39 Å². The van der Waals surface area contributed by atoms with Gasteiger partial charge in [0.05, 0.1) is 12.7 Å². The molecule has 0 saturated heterocycles. The normalized spacial score (nSPS) is 13.6. The second-order valence-electron chi connectivity index (χ2n) is 8.06. The van der Waals surface area contributed by atoms with E-state index in [1.54, 1.807) is 19.2 Å². The van der Waals surface area contributed by atoms with E-state index >= 15 is 0 Å². The molecule has 0 fully saturated rings. The number of aryl methyl sites for hydroxylation is 2. The van der Waals surface area contributed by atoms with Gasteiger partial charge in [0.15, 0.2) is 0 Å². The third-order valence-corrected chi connectivity index (χ3v) is 5.72. The van der Waals surface area contributed by atoms with E-state index in [0.29, 0.717) is 23.2 Å². The van der Waals surface area contributed by atoms with Gasteiger partial charge in [0.1, 0.15) is 17.3 Å². The van der Waals surface area contributed by atoms with Crippen LogP contribution >= 0.6 is 0 Å². The zero-order chi connectivity index (χ0) is 23.5. The van der Waals surface area contributed by atoms with Gasteiger partial charge < -0.3 is 10.1 Å². The summed E-state index contributed by atoms with van der Waals surface area (Å²) in [5.41, 5.74) is 4.73. The Morgan fingerprint density at radius 2 is 1.61 bits per heavy atom. The fourth-order valence-electron chi connectivity index (χ4n) is 3.95. The van der Waals surface area contributed by atoms with Gasteiger partial charge in [-0.15, -0.1) is 0 Å². The molecule has 0 spiro atoms. The van der Waals surface area contributed by atoms with Gasteiger partial charge in [-0.1, -0.05) is 35.9 Å². The first-order chi connectivity index (χ1) is 15.9. The molecule has 1 N–H and O–H groups in total. The number of halogens is 1. The molecule has 0 aliphatic carbocycles. The number of nitrogens with zero attached hydrogens (tertiary/aromatic N) is 1. The van der Waals surface area contributed by atoms with E-state index < -0.39 is 5.91 Å². The van der Waals surface area contributed by atoms with Gasteiger partial charge in [-0.2, -0.15) is 0 Å². The van der Waals surface area contributed by atoms with E-state index in [9.17, 15) is 14.0 Å². The quantitative estimate of drug-likeness (QED) is 0.528. The van der Waals surface area contributed by atoms with Crippen LogP contribution in [-0.4, -0.2) is 30.4 Å². The van der Waals surface area contributed by atoms with E-state index in [2.05, 4.69) is 5.32 Å². The molecule has 0 unspecified atom stereocenters. The lowest BCUT2D eigenvalue weighted by Gasteiger charge is -2.16. The summed E-state index contributed by atoms with van der Waals surface area (Å²) >= 11 is 0. The van der Waals surface area contributed by atoms with Crippen LogP contribution < -0.4 is 10.1 Å². The molecule has 0 radical (unpaired) electrons. The summed E-state index contributed by atoms with van der Waals surface area (Å²) in [6, 6.07) is 19.0. The molecule has 1 aliphatic rings. The average molecular weight is 445 g/mol. The van der Waals surface area contributed by atoms with Crippen LogP contribution in [0.5, 0.6) is 5.75 Å². The van der Waals surface area contributed by atoms with Gasteiger partial charge in [-0.3, -0.25) is 14.5 Å². The second kappa shape index (κ2) is 9.28. The standard InChI is InChI=1S/C27H25FN2O3/c1-17-4-13-23(18(2)16-17)24-25(29-21-9-7-20(28)8-10-21)27(32)30(26(24)31)15-14-19-5-11-22(33-3)12-6-19/h4-13,16,29H,14-15H2,1-3H3. The maximum absolute atomic E-state index is 13.5. The van der Waals surface area contributed by atoms with Gasteiger partial charge in [0.2, 0.25) is 0 Å². The molecule has 5 nitrogen and oxygen atoms in total. The number of carbonyl (C=O) groups is 2. The number of hydrogen-bond acceptors (Lipinski definition) is 4. The topological polar surface area (TPSA) is 58.6 Å². The monoisotopic (exact) mass is 444 g/mol. The number of rotatable bonds is 7. The SMILES string of the molecule is COc1ccc(CCN2C(=O)C(Nc3ccc(F)cc3)=C(c3ccc(C)cc3C)C2=O)cc1. The summed E-state index contributed by atoms with van der Waals surface area (Å²) in [7, 11) is 1.60. The minimum absolute atomic E-state index is 0.202. The van der Waals surface area contributed by atoms with Crippen molar-refractivity contribution < 1.29 is 18.7 Å². The summed E-state index contributed by atoms with van der Waals surface area (Å²) in [6.45, 7) is 4.14. The highest BCUT2D eigenvalue weighted by molar-refractivity contribution is 6.36. The van der Waals surface area contributed by atoms with Crippen LogP contribution in [0.4, 0.5) is 10.1 Å². The lowest BCUT2D eigenvalue weighted by Crippen LogP contribution is -2.34. The second-order valence-corrected chi connectivity index (χ2v) is 8.06. The Bertz CT molecular complexity index is 1230. The zero-order valence-corrected chi connectivity index (χ0v) is 18.8. The van der Waals surface area contributed by atoms with E-state index in [4.69, 9.17) is 4.74 Å². The highest BCUT2D eigenvalue weighted by atomic mass is 19.1. The number of methoxy groups -OCH3 is 1. The van der Waals surface area contributed by atoms with Gasteiger partial charge in [-0.05, 0) is 73.4 Å². The van der Waals surface area contributed by atoms with Crippen molar-refractivity contribution in [3.63, 3.8) is 0 Å². The van der Waals surface area contributed by atoms with Gasteiger partial charge in [0.25, 0.3) is 11.8 Å². The van der Waals surface area contributed by atoms with Crippen molar-refractivity contribution in [1.29, 1.82) is 0 Å². The lowest BCUT2D eigenvalue weighted by atomic mass is 9.97. The predicted octanol–water partition coefficient (Wildman–Crippen LogP) is 4.89. The van der Waals surface area contributed by atoms with Crippen LogP contribution in [0.1, 0.15) is 22.3 Å². The molecule has 1 heterocycles. The summed E-state index contributed by atoms with van der Waals surface area (Å²) in [6.07, 6.45) is 0.519. The molecule has 3 aromatic carbocycles. The first-order valence-corrected chi connectivity index (χ1v) is 10.7. The molecule has 33 heavy (non-hydrogen) atoms. The third-order valence-electron chi connectivity index (χ3n) is 5.72. The average Bonchev–Trinajstić information content (AvgIpc) is 3.03. The van der Waals surface area contributed by atoms with Crippen molar-refractivity contribution in [3.05, 3.63) is 100 Å². The van der Waals surface area contributed by atoms with E-state index in [1.807, 2.05) is 56.3 Å². The Morgan fingerprint density at radius 3 is 2.24 bits per heavy atom. The Hall–Kier alpha value is -3.93. The largest absolute Gasteiger partial charge is 0.497 e. The maximum Gasteiger partial charge on any atom is 0.278 e. The van der Waals surface area contributed by atoms with E-state index in [1.165, 1.54) is 17.0 Å². The first-order valence-electron chi connectivity index (χ1n) is 10.7. The van der Waals surface area contributed by atoms with E-state index in [0.717, 1.165) is 22.4 Å². The number of ether oxygens (including phenoxy) is 1. The van der Waals surface area contributed by atoms with Crippen molar-refractivity contribution >= 4 is 23.1 Å². The van der Waals surface area contributed by atoms with E-state index in [-0.39, 0.29) is 24.0 Å². The minimum Gasteiger partial charge on any atom is -0.497 e.